The summed E-state index contributed by atoms with van der Waals surface area (Å²) in [6.07, 6.45) is 4.84. The number of nitrogens with zero attached hydrogens (tertiary/aromatic N) is 2. The number of fused-ring (bicyclic) bond motifs is 1. The SMILES string of the molecule is CC[C@H](C)[C@@H]1NC(=O)[C@@H](Cc2c[nH]c3ccccc23)NC(=O)CC2(CCCCC2)SSC[C@@H](C(=O)N2CCC[C@@H]2C(=O)N[C@@H](CCCN=C(N)N)C(=O)NCC(N)=O)NC(=O)[C@H](CC(N)=O)NC(=O)C(CCC(N)=O)NC1=O. The minimum absolute atomic E-state index is 0.0243. The van der Waals surface area contributed by atoms with Gasteiger partial charge < -0.3 is 75.8 Å². The number of para-hydroxylation sites is 1. The number of guanidine groups is 1. The molecule has 11 amide bonds. The van der Waals surface area contributed by atoms with Gasteiger partial charge in [-0.25, -0.2) is 0 Å². The second-order valence-electron chi connectivity index (χ2n) is 20.1. The Bertz CT molecular complexity index is 2550. The summed E-state index contributed by atoms with van der Waals surface area (Å²) in [5.74, 6) is -9.80. The van der Waals surface area contributed by atoms with Gasteiger partial charge in [0.15, 0.2) is 5.96 Å². The van der Waals surface area contributed by atoms with E-state index in [1.54, 1.807) is 20.0 Å². The average molecular weight is 1130 g/mol. The first-order valence-electron chi connectivity index (χ1n) is 26.3. The Kier molecular flexibility index (Phi) is 23.4. The van der Waals surface area contributed by atoms with Crippen molar-refractivity contribution in [2.24, 2.45) is 39.6 Å². The zero-order valence-corrected chi connectivity index (χ0v) is 45.7. The molecule has 78 heavy (non-hydrogen) atoms. The summed E-state index contributed by atoms with van der Waals surface area (Å²) >= 11 is 0. The van der Waals surface area contributed by atoms with Crippen LogP contribution in [0.4, 0.5) is 0 Å². The van der Waals surface area contributed by atoms with E-state index in [4.69, 9.17) is 28.7 Å². The van der Waals surface area contributed by atoms with Crippen LogP contribution in [-0.4, -0.2) is 153 Å². The van der Waals surface area contributed by atoms with Gasteiger partial charge in [-0.3, -0.25) is 57.7 Å². The van der Waals surface area contributed by atoms with Crippen LogP contribution >= 0.6 is 21.6 Å². The minimum Gasteiger partial charge on any atom is -0.370 e. The average Bonchev–Trinajstić information content (AvgIpc) is 4.07. The van der Waals surface area contributed by atoms with Crippen LogP contribution in [0.2, 0.25) is 0 Å². The molecule has 1 unspecified atom stereocenters. The number of aromatic amines is 1. The number of carbonyl (C=O) groups excluding carboxylic acids is 11. The number of carbonyl (C=O) groups is 11. The van der Waals surface area contributed by atoms with E-state index in [0.717, 1.165) is 35.7 Å². The van der Waals surface area contributed by atoms with Gasteiger partial charge in [-0.1, -0.05) is 79.3 Å². The highest BCUT2D eigenvalue weighted by Gasteiger charge is 2.42. The standard InChI is InChI=1S/C50H75N15O11S2/c1-3-27(2)41-47(75)61-32(15-16-37(51)66)43(71)62-34(22-38(52)67)44(72)63-35(48(76)65-20-10-14-36(65)46(74)60-31(13-9-19-56-49(54)55)42(70)58-25-39(53)68)26-77-78-50(17-7-4-8-18-50)23-40(69)59-33(45(73)64-41)21-28-24-57-30-12-6-5-11-29(28)30/h5-6,11-12,24,27,31-36,41,57H,3-4,7-10,13-23,25-26H2,1-2H3,(H2,51,66)(H2,52,67)(H2,53,68)(H,58,70)(H,59,69)(H,60,74)(H,61,75)(H,62,71)(H,63,72)(H,64,73)(H4,54,55,56)/t27-,31-,32?,33+,34-,35-,36+,41-/m0/s1. The molecule has 428 valence electrons. The molecule has 3 fully saturated rings. The maximum Gasteiger partial charge on any atom is 0.246 e. The second kappa shape index (κ2) is 29.6. The molecule has 5 rings (SSSR count). The molecule has 3 aliphatic rings. The molecule has 1 aromatic heterocycles. The van der Waals surface area contributed by atoms with Gasteiger partial charge in [-0.2, -0.15) is 0 Å². The molecule has 0 bridgehead atoms. The molecule has 1 aliphatic carbocycles. The molecular weight excluding hydrogens is 1050 g/mol. The Morgan fingerprint density at radius 3 is 2.19 bits per heavy atom. The predicted molar refractivity (Wildman–Crippen MR) is 293 cm³/mol. The molecule has 1 spiro atoms. The third-order valence-corrected chi connectivity index (χ3v) is 17.4. The minimum atomic E-state index is -1.75. The number of H-pyrrole nitrogens is 1. The lowest BCUT2D eigenvalue weighted by Gasteiger charge is -2.37. The highest BCUT2D eigenvalue weighted by molar-refractivity contribution is 8.77. The highest BCUT2D eigenvalue weighted by Crippen LogP contribution is 2.48. The van der Waals surface area contributed by atoms with E-state index >= 15 is 0 Å². The molecule has 0 radical (unpaired) electrons. The number of rotatable bonds is 19. The lowest BCUT2D eigenvalue weighted by Crippen LogP contribution is -2.61. The van der Waals surface area contributed by atoms with Crippen LogP contribution in [0.25, 0.3) is 10.9 Å². The van der Waals surface area contributed by atoms with E-state index in [9.17, 15) is 52.7 Å². The van der Waals surface area contributed by atoms with Crippen LogP contribution in [0.5, 0.6) is 0 Å². The van der Waals surface area contributed by atoms with Crippen LogP contribution in [0, 0.1) is 5.92 Å². The zero-order chi connectivity index (χ0) is 57.1. The van der Waals surface area contributed by atoms with E-state index < -0.39 is 137 Å². The van der Waals surface area contributed by atoms with Crippen LogP contribution in [0.1, 0.15) is 109 Å². The lowest BCUT2D eigenvalue weighted by molar-refractivity contribution is -0.142. The van der Waals surface area contributed by atoms with Crippen molar-refractivity contribution in [3.05, 3.63) is 36.0 Å². The molecule has 2 saturated heterocycles. The third kappa shape index (κ3) is 18.3. The fraction of sp³-hybridized carbons (Fsp3) is 0.600. The lowest BCUT2D eigenvalue weighted by atomic mass is 9.85. The smallest absolute Gasteiger partial charge is 0.246 e. The van der Waals surface area contributed by atoms with Gasteiger partial charge in [0.25, 0.3) is 0 Å². The number of likely N-dealkylation sites (tertiary alicyclic amines) is 1. The van der Waals surface area contributed by atoms with Crippen LogP contribution in [0.3, 0.4) is 0 Å². The Morgan fingerprint density at radius 2 is 1.51 bits per heavy atom. The maximum atomic E-state index is 14.9. The highest BCUT2D eigenvalue weighted by atomic mass is 33.1. The van der Waals surface area contributed by atoms with Crippen molar-refractivity contribution in [3.8, 4) is 0 Å². The maximum absolute atomic E-state index is 14.9. The number of hydrogen-bond donors (Lipinski definition) is 13. The number of hydrogen-bond acceptors (Lipinski definition) is 14. The summed E-state index contributed by atoms with van der Waals surface area (Å²) in [4.78, 5) is 159. The van der Waals surface area contributed by atoms with E-state index in [0.29, 0.717) is 25.7 Å². The Morgan fingerprint density at radius 1 is 0.821 bits per heavy atom. The van der Waals surface area contributed by atoms with E-state index in [1.807, 2.05) is 24.3 Å². The molecule has 1 saturated carbocycles. The Hall–Kier alpha value is -7.10. The Balaban J connectivity index is 1.53. The molecule has 2 aromatic rings. The van der Waals surface area contributed by atoms with Gasteiger partial charge in [0.1, 0.15) is 42.3 Å². The Labute approximate surface area is 459 Å². The van der Waals surface area contributed by atoms with Gasteiger partial charge in [-0.15, -0.1) is 0 Å². The molecule has 2 aliphatic heterocycles. The number of benzene rings is 1. The first-order valence-corrected chi connectivity index (χ1v) is 28.6. The molecule has 1 aromatic carbocycles. The topological polar surface area (TPSA) is 433 Å². The van der Waals surface area contributed by atoms with Crippen molar-refractivity contribution in [1.82, 2.24) is 47.1 Å². The summed E-state index contributed by atoms with van der Waals surface area (Å²) in [5, 5.41) is 19.4. The van der Waals surface area contributed by atoms with Crippen molar-refractivity contribution in [2.75, 3.05) is 25.4 Å². The summed E-state index contributed by atoms with van der Waals surface area (Å²) < 4.78 is -0.726. The number of amides is 11. The van der Waals surface area contributed by atoms with E-state index in [2.05, 4.69) is 47.2 Å². The number of aromatic nitrogens is 1. The summed E-state index contributed by atoms with van der Waals surface area (Å²) in [7, 11) is 2.54. The number of aliphatic imine (C=N–C) groups is 1. The molecule has 18 N–H and O–H groups in total. The molecule has 3 heterocycles. The van der Waals surface area contributed by atoms with Crippen molar-refractivity contribution < 1.29 is 52.7 Å². The third-order valence-electron chi connectivity index (χ3n) is 14.1. The first kappa shape index (κ1) is 61.7. The summed E-state index contributed by atoms with van der Waals surface area (Å²) in [6, 6.07) is -2.17. The predicted octanol–water partition coefficient (Wildman–Crippen LogP) is -2.06. The summed E-state index contributed by atoms with van der Waals surface area (Å²) in [5.41, 5.74) is 28.8. The van der Waals surface area contributed by atoms with Crippen molar-refractivity contribution >= 4 is 103 Å². The quantitative estimate of drug-likeness (QED) is 0.0311. The van der Waals surface area contributed by atoms with E-state index in [1.165, 1.54) is 26.5 Å². The van der Waals surface area contributed by atoms with Gasteiger partial charge >= 0.3 is 0 Å². The molecular formula is C50H75N15O11S2. The first-order chi connectivity index (χ1) is 37.1. The van der Waals surface area contributed by atoms with Crippen molar-refractivity contribution in [3.63, 3.8) is 0 Å². The van der Waals surface area contributed by atoms with Crippen LogP contribution in [-0.2, 0) is 59.2 Å². The normalized spacial score (nSPS) is 23.5. The van der Waals surface area contributed by atoms with Crippen LogP contribution in [0.15, 0.2) is 35.5 Å². The van der Waals surface area contributed by atoms with Gasteiger partial charge in [0, 0.05) is 60.0 Å². The van der Waals surface area contributed by atoms with Gasteiger partial charge in [0.05, 0.1) is 13.0 Å². The zero-order valence-electron chi connectivity index (χ0n) is 44.0. The number of nitrogens with two attached hydrogens (primary N) is 5. The molecule has 26 nitrogen and oxygen atoms in total. The number of primary amides is 3. The monoisotopic (exact) mass is 1130 g/mol. The second-order valence-corrected chi connectivity index (χ2v) is 22.9. The van der Waals surface area contributed by atoms with E-state index in [-0.39, 0.29) is 63.3 Å². The fourth-order valence-electron chi connectivity index (χ4n) is 9.72. The van der Waals surface area contributed by atoms with Crippen molar-refractivity contribution in [2.45, 2.75) is 157 Å². The molecule has 8 atom stereocenters. The summed E-state index contributed by atoms with van der Waals surface area (Å²) in [6.45, 7) is 3.14. The van der Waals surface area contributed by atoms with Crippen molar-refractivity contribution in [1.29, 1.82) is 0 Å². The van der Waals surface area contributed by atoms with Gasteiger partial charge in [-0.05, 0) is 62.5 Å². The van der Waals surface area contributed by atoms with Crippen LogP contribution < -0.4 is 65.9 Å². The largest absolute Gasteiger partial charge is 0.370 e. The number of nitrogens with one attached hydrogen (secondary N) is 8. The fourth-order valence-corrected chi connectivity index (χ4v) is 13.1. The molecule has 28 heteroatoms. The van der Waals surface area contributed by atoms with Gasteiger partial charge in [0.2, 0.25) is 65.0 Å².